The van der Waals surface area contributed by atoms with Gasteiger partial charge in [-0.15, -0.1) is 0 Å². The van der Waals surface area contributed by atoms with Crippen LogP contribution < -0.4 is 10.1 Å². The zero-order valence-electron chi connectivity index (χ0n) is 16.7. The van der Waals surface area contributed by atoms with E-state index in [0.29, 0.717) is 35.1 Å². The molecule has 1 N–H and O–H groups in total. The van der Waals surface area contributed by atoms with Gasteiger partial charge in [-0.2, -0.15) is 4.98 Å². The van der Waals surface area contributed by atoms with Crippen LogP contribution in [0, 0.1) is 5.82 Å². The summed E-state index contributed by atoms with van der Waals surface area (Å²) in [4.78, 5) is 21.1. The molecule has 3 aromatic carbocycles. The number of halogens is 1. The van der Waals surface area contributed by atoms with Gasteiger partial charge in [-0.1, -0.05) is 36.4 Å². The number of nitrogens with one attached hydrogen (secondary N) is 1. The standard InChI is InChI=1S/C25H20FN3O2/c26-21-11-9-19(10-12-21)24-27-16-14-23(29-24)31-22-8-4-7-20(17-22)25(30)28-15-13-18-5-2-1-3-6-18/h1-12,14,16-17H,13,15H2,(H,28,30). The maximum Gasteiger partial charge on any atom is 0.251 e. The Bertz CT molecular complexity index is 1160. The van der Waals surface area contributed by atoms with Crippen molar-refractivity contribution >= 4 is 5.91 Å². The van der Waals surface area contributed by atoms with Gasteiger partial charge in [0.15, 0.2) is 5.82 Å². The van der Waals surface area contributed by atoms with Gasteiger partial charge in [0.25, 0.3) is 5.91 Å². The van der Waals surface area contributed by atoms with E-state index in [1.807, 2.05) is 30.3 Å². The third-order valence-electron chi connectivity index (χ3n) is 4.59. The molecular weight excluding hydrogens is 393 g/mol. The van der Waals surface area contributed by atoms with E-state index >= 15 is 0 Å². The summed E-state index contributed by atoms with van der Waals surface area (Å²) in [6.45, 7) is 0.543. The minimum atomic E-state index is -0.324. The first-order valence-corrected chi connectivity index (χ1v) is 9.86. The lowest BCUT2D eigenvalue weighted by molar-refractivity contribution is 0.0954. The first-order chi connectivity index (χ1) is 15.2. The van der Waals surface area contributed by atoms with Crippen LogP contribution in [0.25, 0.3) is 11.4 Å². The van der Waals surface area contributed by atoms with Gasteiger partial charge < -0.3 is 10.1 Å². The van der Waals surface area contributed by atoms with Crippen LogP contribution in [0.3, 0.4) is 0 Å². The zero-order valence-corrected chi connectivity index (χ0v) is 16.7. The molecule has 4 rings (SSSR count). The van der Waals surface area contributed by atoms with E-state index in [9.17, 15) is 9.18 Å². The first kappa shape index (κ1) is 20.2. The van der Waals surface area contributed by atoms with Gasteiger partial charge in [0.2, 0.25) is 5.88 Å². The number of carbonyl (C=O) groups excluding carboxylic acids is 1. The van der Waals surface area contributed by atoms with Crippen LogP contribution in [0.4, 0.5) is 4.39 Å². The molecule has 4 aromatic rings. The highest BCUT2D eigenvalue weighted by Crippen LogP contribution is 2.23. The molecule has 0 radical (unpaired) electrons. The molecule has 1 aromatic heterocycles. The van der Waals surface area contributed by atoms with Crippen LogP contribution in [0.2, 0.25) is 0 Å². The Labute approximate surface area is 179 Å². The number of benzene rings is 3. The van der Waals surface area contributed by atoms with E-state index in [1.165, 1.54) is 17.7 Å². The van der Waals surface area contributed by atoms with Crippen molar-refractivity contribution in [3.8, 4) is 23.0 Å². The van der Waals surface area contributed by atoms with Crippen molar-refractivity contribution in [3.05, 3.63) is 108 Å². The highest BCUT2D eigenvalue weighted by molar-refractivity contribution is 5.94. The van der Waals surface area contributed by atoms with Gasteiger partial charge in [-0.25, -0.2) is 9.37 Å². The molecule has 0 atom stereocenters. The fourth-order valence-electron chi connectivity index (χ4n) is 3.03. The minimum Gasteiger partial charge on any atom is -0.439 e. The monoisotopic (exact) mass is 413 g/mol. The molecule has 0 aliphatic carbocycles. The van der Waals surface area contributed by atoms with Crippen molar-refractivity contribution < 1.29 is 13.9 Å². The molecule has 1 heterocycles. The van der Waals surface area contributed by atoms with E-state index in [-0.39, 0.29) is 11.7 Å². The van der Waals surface area contributed by atoms with Crippen LogP contribution in [0.5, 0.6) is 11.6 Å². The number of ether oxygens (including phenoxy) is 1. The van der Waals surface area contributed by atoms with E-state index in [1.54, 1.807) is 48.7 Å². The van der Waals surface area contributed by atoms with Crippen LogP contribution >= 0.6 is 0 Å². The maximum absolute atomic E-state index is 13.1. The number of amides is 1. The van der Waals surface area contributed by atoms with Crippen molar-refractivity contribution in [2.45, 2.75) is 6.42 Å². The van der Waals surface area contributed by atoms with E-state index in [0.717, 1.165) is 6.42 Å². The molecule has 0 saturated carbocycles. The smallest absolute Gasteiger partial charge is 0.251 e. The highest BCUT2D eigenvalue weighted by Gasteiger charge is 2.09. The summed E-state index contributed by atoms with van der Waals surface area (Å²) in [6, 6.07) is 24.4. The summed E-state index contributed by atoms with van der Waals surface area (Å²) in [5, 5.41) is 2.92. The lowest BCUT2D eigenvalue weighted by Gasteiger charge is -2.09. The van der Waals surface area contributed by atoms with Crippen LogP contribution in [0.15, 0.2) is 91.1 Å². The Morgan fingerprint density at radius 2 is 1.74 bits per heavy atom. The average Bonchev–Trinajstić information content (AvgIpc) is 2.80. The van der Waals surface area contributed by atoms with E-state index < -0.39 is 0 Å². The third-order valence-corrected chi connectivity index (χ3v) is 4.59. The lowest BCUT2D eigenvalue weighted by Crippen LogP contribution is -2.25. The van der Waals surface area contributed by atoms with Crippen LogP contribution in [-0.4, -0.2) is 22.4 Å². The number of hydrogen-bond donors (Lipinski definition) is 1. The molecule has 1 amide bonds. The first-order valence-electron chi connectivity index (χ1n) is 9.86. The summed E-state index contributed by atoms with van der Waals surface area (Å²) in [7, 11) is 0. The van der Waals surface area contributed by atoms with E-state index in [2.05, 4.69) is 15.3 Å². The molecular formula is C25H20FN3O2. The number of hydrogen-bond acceptors (Lipinski definition) is 4. The summed E-state index contributed by atoms with van der Waals surface area (Å²) in [5.74, 6) is 0.744. The van der Waals surface area contributed by atoms with Crippen molar-refractivity contribution in [3.63, 3.8) is 0 Å². The minimum absolute atomic E-state index is 0.170. The molecule has 0 bridgehead atoms. The number of nitrogens with zero attached hydrogens (tertiary/aromatic N) is 2. The third kappa shape index (κ3) is 5.51. The van der Waals surface area contributed by atoms with Gasteiger partial charge in [0.05, 0.1) is 0 Å². The second-order valence-electron chi connectivity index (χ2n) is 6.85. The lowest BCUT2D eigenvalue weighted by atomic mass is 10.1. The Morgan fingerprint density at radius 1 is 0.935 bits per heavy atom. The van der Waals surface area contributed by atoms with Crippen LogP contribution in [0.1, 0.15) is 15.9 Å². The quantitative estimate of drug-likeness (QED) is 0.461. The molecule has 0 aliphatic heterocycles. The normalized spacial score (nSPS) is 10.5. The molecule has 5 nitrogen and oxygen atoms in total. The summed E-state index contributed by atoms with van der Waals surface area (Å²) in [5.41, 5.74) is 2.34. The van der Waals surface area contributed by atoms with Gasteiger partial charge in [0.1, 0.15) is 11.6 Å². The summed E-state index contributed by atoms with van der Waals surface area (Å²) >= 11 is 0. The molecule has 0 fully saturated rings. The summed E-state index contributed by atoms with van der Waals surface area (Å²) < 4.78 is 19.0. The molecule has 0 aliphatic rings. The molecule has 154 valence electrons. The molecule has 6 heteroatoms. The molecule has 0 spiro atoms. The van der Waals surface area contributed by atoms with Gasteiger partial charge in [0, 0.05) is 29.9 Å². The Morgan fingerprint density at radius 3 is 2.55 bits per heavy atom. The zero-order chi connectivity index (χ0) is 21.5. The van der Waals surface area contributed by atoms with Gasteiger partial charge in [-0.3, -0.25) is 4.79 Å². The Balaban J connectivity index is 1.41. The predicted molar refractivity (Wildman–Crippen MR) is 116 cm³/mol. The number of carbonyl (C=O) groups is 1. The number of rotatable bonds is 7. The Kier molecular flexibility index (Phi) is 6.28. The number of aromatic nitrogens is 2. The van der Waals surface area contributed by atoms with Crippen molar-refractivity contribution in [1.82, 2.24) is 15.3 Å². The largest absolute Gasteiger partial charge is 0.439 e. The fourth-order valence-corrected chi connectivity index (χ4v) is 3.03. The SMILES string of the molecule is O=C(NCCc1ccccc1)c1cccc(Oc2ccnc(-c3ccc(F)cc3)n2)c1. The van der Waals surface area contributed by atoms with Crippen molar-refractivity contribution in [1.29, 1.82) is 0 Å². The van der Waals surface area contributed by atoms with Crippen LogP contribution in [-0.2, 0) is 6.42 Å². The molecule has 0 unspecified atom stereocenters. The fraction of sp³-hybridized carbons (Fsp3) is 0.0800. The highest BCUT2D eigenvalue weighted by atomic mass is 19.1. The Hall–Kier alpha value is -4.06. The maximum atomic E-state index is 13.1. The van der Waals surface area contributed by atoms with Crippen molar-refractivity contribution in [2.24, 2.45) is 0 Å². The molecule has 0 saturated heterocycles. The topological polar surface area (TPSA) is 64.1 Å². The van der Waals surface area contributed by atoms with E-state index in [4.69, 9.17) is 4.74 Å². The van der Waals surface area contributed by atoms with Crippen molar-refractivity contribution in [2.75, 3.05) is 6.54 Å². The molecule has 31 heavy (non-hydrogen) atoms. The predicted octanol–water partition coefficient (Wildman–Crippen LogP) is 5.05. The second-order valence-corrected chi connectivity index (χ2v) is 6.85. The average molecular weight is 413 g/mol. The van der Waals surface area contributed by atoms with Gasteiger partial charge in [-0.05, 0) is 54.4 Å². The summed E-state index contributed by atoms with van der Waals surface area (Å²) in [6.07, 6.45) is 2.33. The van der Waals surface area contributed by atoms with Gasteiger partial charge >= 0.3 is 0 Å². The second kappa shape index (κ2) is 9.63.